The number of aromatic nitrogens is 1. The van der Waals surface area contributed by atoms with E-state index in [1.54, 1.807) is 37.5 Å². The average molecular weight is 450 g/mol. The number of carbonyl (C=O) groups excluding carboxylic acids is 1. The summed E-state index contributed by atoms with van der Waals surface area (Å²) in [6, 6.07) is 18.9. The van der Waals surface area contributed by atoms with Crippen molar-refractivity contribution in [3.8, 4) is 17.5 Å². The number of nitriles is 1. The first-order valence-corrected chi connectivity index (χ1v) is 9.74. The molecule has 0 aliphatic heterocycles. The average Bonchev–Trinajstić information content (AvgIpc) is 3.00. The van der Waals surface area contributed by atoms with Gasteiger partial charge in [0, 0.05) is 27.2 Å². The molecule has 0 spiro atoms. The molecular weight excluding hydrogens is 430 g/mol. The molecule has 0 aliphatic carbocycles. The second-order valence-corrected chi connectivity index (χ2v) is 7.41. The minimum Gasteiger partial charge on any atom is -0.497 e. The first-order chi connectivity index (χ1) is 13.9. The number of nitrogens with zero attached hydrogens (tertiary/aromatic N) is 2. The van der Waals surface area contributed by atoms with Gasteiger partial charge in [-0.15, -0.1) is 0 Å². The van der Waals surface area contributed by atoms with E-state index >= 15 is 0 Å². The van der Waals surface area contributed by atoms with Gasteiger partial charge in [0.2, 0.25) is 0 Å². The van der Waals surface area contributed by atoms with Crippen LogP contribution in [-0.4, -0.2) is 17.6 Å². The first kappa shape index (κ1) is 20.4. The van der Waals surface area contributed by atoms with Gasteiger partial charge in [-0.3, -0.25) is 4.79 Å². The van der Waals surface area contributed by atoms with Crippen molar-refractivity contribution in [2.75, 3.05) is 12.4 Å². The molecule has 2 aromatic carbocycles. The molecule has 3 aromatic rings. The van der Waals surface area contributed by atoms with E-state index in [1.165, 1.54) is 0 Å². The van der Waals surface area contributed by atoms with E-state index in [0.717, 1.165) is 27.1 Å². The van der Waals surface area contributed by atoms with Crippen LogP contribution in [0.4, 0.5) is 5.69 Å². The second kappa shape index (κ2) is 8.80. The summed E-state index contributed by atoms with van der Waals surface area (Å²) >= 11 is 3.45. The lowest BCUT2D eigenvalue weighted by molar-refractivity contribution is -0.112. The van der Waals surface area contributed by atoms with E-state index in [2.05, 4.69) is 25.8 Å². The van der Waals surface area contributed by atoms with Gasteiger partial charge in [0.25, 0.3) is 5.91 Å². The molecular formula is C23H20BrN3O2. The third-order valence-corrected chi connectivity index (χ3v) is 5.10. The minimum absolute atomic E-state index is 0.0388. The number of amides is 1. The maximum atomic E-state index is 12.6. The molecule has 0 atom stereocenters. The smallest absolute Gasteiger partial charge is 0.266 e. The van der Waals surface area contributed by atoms with Crippen molar-refractivity contribution in [2.24, 2.45) is 0 Å². The topological polar surface area (TPSA) is 67.0 Å². The van der Waals surface area contributed by atoms with Gasteiger partial charge in [0.1, 0.15) is 17.4 Å². The number of nitrogens with one attached hydrogen (secondary N) is 1. The lowest BCUT2D eigenvalue weighted by Crippen LogP contribution is -2.13. The summed E-state index contributed by atoms with van der Waals surface area (Å²) in [4.78, 5) is 12.6. The molecule has 0 unspecified atom stereocenters. The van der Waals surface area contributed by atoms with Crippen LogP contribution in [0.2, 0.25) is 0 Å². The Balaban J connectivity index is 1.88. The fourth-order valence-electron chi connectivity index (χ4n) is 3.10. The van der Waals surface area contributed by atoms with Crippen LogP contribution in [0.3, 0.4) is 0 Å². The van der Waals surface area contributed by atoms with Gasteiger partial charge in [-0.25, -0.2) is 0 Å². The van der Waals surface area contributed by atoms with Crippen LogP contribution in [0.15, 0.2) is 64.6 Å². The summed E-state index contributed by atoms with van der Waals surface area (Å²) in [5.74, 6) is 0.241. The third-order valence-electron chi connectivity index (χ3n) is 4.57. The predicted molar refractivity (Wildman–Crippen MR) is 118 cm³/mol. The van der Waals surface area contributed by atoms with Crippen molar-refractivity contribution in [1.29, 1.82) is 5.26 Å². The summed E-state index contributed by atoms with van der Waals surface area (Å²) in [6.45, 7) is 3.97. The molecule has 0 fully saturated rings. The van der Waals surface area contributed by atoms with E-state index < -0.39 is 5.91 Å². The zero-order chi connectivity index (χ0) is 21.0. The summed E-state index contributed by atoms with van der Waals surface area (Å²) in [5, 5.41) is 12.3. The van der Waals surface area contributed by atoms with Crippen LogP contribution < -0.4 is 10.1 Å². The fraction of sp³-hybridized carbons (Fsp3) is 0.130. The van der Waals surface area contributed by atoms with Crippen molar-refractivity contribution < 1.29 is 9.53 Å². The molecule has 1 aromatic heterocycles. The molecule has 29 heavy (non-hydrogen) atoms. The Kier molecular flexibility index (Phi) is 6.20. The number of rotatable bonds is 5. The van der Waals surface area contributed by atoms with E-state index in [0.29, 0.717) is 11.4 Å². The van der Waals surface area contributed by atoms with Crippen molar-refractivity contribution >= 4 is 33.6 Å². The van der Waals surface area contributed by atoms with Crippen LogP contribution in [0.5, 0.6) is 5.75 Å². The summed E-state index contributed by atoms with van der Waals surface area (Å²) in [7, 11) is 1.58. The molecule has 6 heteroatoms. The SMILES string of the molecule is COc1ccc(NC(=O)/C(C#N)=C/c2cc(C)n(-c3ccc(Br)cc3)c2C)cc1. The largest absolute Gasteiger partial charge is 0.497 e. The number of aryl methyl sites for hydroxylation is 1. The lowest BCUT2D eigenvalue weighted by Gasteiger charge is -2.10. The number of carbonyl (C=O) groups is 1. The Bertz CT molecular complexity index is 1100. The van der Waals surface area contributed by atoms with Gasteiger partial charge in [0.05, 0.1) is 7.11 Å². The Labute approximate surface area is 178 Å². The molecule has 0 saturated heterocycles. The fourth-order valence-corrected chi connectivity index (χ4v) is 3.36. The Morgan fingerprint density at radius 2 is 1.79 bits per heavy atom. The number of halogens is 1. The van der Waals surface area contributed by atoms with Crippen LogP contribution in [0, 0.1) is 25.2 Å². The van der Waals surface area contributed by atoms with Gasteiger partial charge in [-0.2, -0.15) is 5.26 Å². The van der Waals surface area contributed by atoms with Gasteiger partial charge >= 0.3 is 0 Å². The van der Waals surface area contributed by atoms with Crippen LogP contribution >= 0.6 is 15.9 Å². The van der Waals surface area contributed by atoms with Crippen LogP contribution in [0.25, 0.3) is 11.8 Å². The molecule has 0 radical (unpaired) electrons. The van der Waals surface area contributed by atoms with E-state index in [1.807, 2.05) is 50.2 Å². The van der Waals surface area contributed by atoms with Crippen molar-refractivity contribution in [3.63, 3.8) is 0 Å². The van der Waals surface area contributed by atoms with Gasteiger partial charge in [0.15, 0.2) is 0 Å². The monoisotopic (exact) mass is 449 g/mol. The highest BCUT2D eigenvalue weighted by Crippen LogP contribution is 2.24. The van der Waals surface area contributed by atoms with Crippen molar-refractivity contribution in [1.82, 2.24) is 4.57 Å². The molecule has 5 nitrogen and oxygen atoms in total. The molecule has 0 saturated carbocycles. The van der Waals surface area contributed by atoms with E-state index in [9.17, 15) is 10.1 Å². The second-order valence-electron chi connectivity index (χ2n) is 6.49. The molecule has 146 valence electrons. The van der Waals surface area contributed by atoms with Gasteiger partial charge in [-0.05, 0) is 80.1 Å². The molecule has 1 amide bonds. The number of ether oxygens (including phenoxy) is 1. The van der Waals surface area contributed by atoms with Gasteiger partial charge in [-0.1, -0.05) is 15.9 Å². The highest BCUT2D eigenvalue weighted by Gasteiger charge is 2.14. The van der Waals surface area contributed by atoms with Gasteiger partial charge < -0.3 is 14.6 Å². The van der Waals surface area contributed by atoms with Crippen molar-refractivity contribution in [2.45, 2.75) is 13.8 Å². The maximum Gasteiger partial charge on any atom is 0.266 e. The highest BCUT2D eigenvalue weighted by atomic mass is 79.9. The molecule has 3 rings (SSSR count). The normalized spacial score (nSPS) is 11.1. The summed E-state index contributed by atoms with van der Waals surface area (Å²) < 4.78 is 8.21. The molecule has 1 N–H and O–H groups in total. The standard InChI is InChI=1S/C23H20BrN3O2/c1-15-12-17(16(2)27(15)21-8-4-19(24)5-9-21)13-18(14-25)23(28)26-20-6-10-22(29-3)11-7-20/h4-13H,1-3H3,(H,26,28)/b18-13+. The zero-order valence-corrected chi connectivity index (χ0v) is 17.9. The Morgan fingerprint density at radius 3 is 2.38 bits per heavy atom. The third kappa shape index (κ3) is 4.58. The van der Waals surface area contributed by atoms with Crippen LogP contribution in [0.1, 0.15) is 17.0 Å². The first-order valence-electron chi connectivity index (χ1n) is 8.95. The van der Waals surface area contributed by atoms with Crippen LogP contribution in [-0.2, 0) is 4.79 Å². The zero-order valence-electron chi connectivity index (χ0n) is 16.4. The molecule has 1 heterocycles. The Hall–Kier alpha value is -3.30. The van der Waals surface area contributed by atoms with E-state index in [4.69, 9.17) is 4.74 Å². The number of benzene rings is 2. The predicted octanol–water partition coefficient (Wildman–Crippen LogP) is 5.41. The Morgan fingerprint density at radius 1 is 1.14 bits per heavy atom. The number of methoxy groups -OCH3 is 1. The summed E-state index contributed by atoms with van der Waals surface area (Å²) in [5.41, 5.74) is 4.45. The quantitative estimate of drug-likeness (QED) is 0.418. The number of hydrogen-bond donors (Lipinski definition) is 1. The minimum atomic E-state index is -0.453. The van der Waals surface area contributed by atoms with E-state index in [-0.39, 0.29) is 5.57 Å². The highest BCUT2D eigenvalue weighted by molar-refractivity contribution is 9.10. The number of hydrogen-bond acceptors (Lipinski definition) is 3. The lowest BCUT2D eigenvalue weighted by atomic mass is 10.1. The molecule has 0 bridgehead atoms. The maximum absolute atomic E-state index is 12.6. The summed E-state index contributed by atoms with van der Waals surface area (Å²) in [6.07, 6.45) is 1.62. The van der Waals surface area contributed by atoms with Crippen molar-refractivity contribution in [3.05, 3.63) is 81.6 Å². The molecule has 0 aliphatic rings. The number of anilines is 1.